The van der Waals surface area contributed by atoms with Gasteiger partial charge in [-0.05, 0) is 30.9 Å². The van der Waals surface area contributed by atoms with Crippen molar-refractivity contribution in [2.45, 2.75) is 31.3 Å². The van der Waals surface area contributed by atoms with Crippen molar-refractivity contribution in [1.82, 2.24) is 4.98 Å². The summed E-state index contributed by atoms with van der Waals surface area (Å²) in [6, 6.07) is 3.97. The molecule has 13 heavy (non-hydrogen) atoms. The molecule has 2 rings (SSSR count). The first-order valence-corrected chi connectivity index (χ1v) is 4.72. The van der Waals surface area contributed by atoms with E-state index in [0.29, 0.717) is 0 Å². The van der Waals surface area contributed by atoms with Crippen LogP contribution in [-0.4, -0.2) is 10.1 Å². The average Bonchev–Trinajstić information content (AvgIpc) is 2.46. The van der Waals surface area contributed by atoms with Crippen molar-refractivity contribution in [2.24, 2.45) is 0 Å². The average molecular weight is 176 g/mol. The van der Waals surface area contributed by atoms with Crippen molar-refractivity contribution >= 4 is 0 Å². The zero-order chi connectivity index (χ0) is 9.31. The second kappa shape index (κ2) is 3.11. The molecule has 0 spiro atoms. The molecule has 0 amide bonds. The topological polar surface area (TPSA) is 33.1 Å². The quantitative estimate of drug-likeness (QED) is 0.745. The van der Waals surface area contributed by atoms with Crippen LogP contribution < -0.4 is 0 Å². The minimum Gasteiger partial charge on any atom is -0.384 e. The summed E-state index contributed by atoms with van der Waals surface area (Å²) in [6.45, 7) is 3.78. The summed E-state index contributed by atoms with van der Waals surface area (Å²) in [5.74, 6) is 0. The van der Waals surface area contributed by atoms with E-state index in [4.69, 9.17) is 0 Å². The number of fused-ring (bicyclic) bond motifs is 1. The highest BCUT2D eigenvalue weighted by Gasteiger charge is 2.36. The molecule has 1 aliphatic rings. The number of aliphatic hydroxyl groups is 1. The molecule has 1 heterocycles. The lowest BCUT2D eigenvalue weighted by Gasteiger charge is -2.21. The van der Waals surface area contributed by atoms with Crippen molar-refractivity contribution in [3.63, 3.8) is 0 Å². The Kier molecular flexibility index (Phi) is 2.08. The third-order valence-electron chi connectivity index (χ3n) is 2.73. The van der Waals surface area contributed by atoms with Gasteiger partial charge in [-0.2, -0.15) is 0 Å². The lowest BCUT2D eigenvalue weighted by molar-refractivity contribution is 0.0264. The number of hydrogen-bond acceptors (Lipinski definition) is 2. The normalized spacial score (nSPS) is 26.0. The maximum absolute atomic E-state index is 10.2. The van der Waals surface area contributed by atoms with Gasteiger partial charge in [0, 0.05) is 6.20 Å². The maximum atomic E-state index is 10.2. The van der Waals surface area contributed by atoms with Crippen LogP contribution in [0.2, 0.25) is 0 Å². The van der Waals surface area contributed by atoms with E-state index in [1.54, 1.807) is 6.20 Å². The highest BCUT2D eigenvalue weighted by molar-refractivity contribution is 5.30. The zero-order valence-electron chi connectivity index (χ0n) is 7.66. The van der Waals surface area contributed by atoms with Crippen molar-refractivity contribution in [3.05, 3.63) is 36.5 Å². The van der Waals surface area contributed by atoms with Crippen molar-refractivity contribution < 1.29 is 5.11 Å². The third kappa shape index (κ3) is 1.35. The predicted molar refractivity (Wildman–Crippen MR) is 51.0 cm³/mol. The molecule has 0 saturated carbocycles. The summed E-state index contributed by atoms with van der Waals surface area (Å²) in [5.41, 5.74) is 1.37. The van der Waals surface area contributed by atoms with Crippen LogP contribution in [0.3, 0.4) is 0 Å². The van der Waals surface area contributed by atoms with E-state index >= 15 is 0 Å². The summed E-state index contributed by atoms with van der Waals surface area (Å²) >= 11 is 0. The molecule has 0 saturated heterocycles. The summed E-state index contributed by atoms with van der Waals surface area (Å²) in [5, 5.41) is 10.2. The summed E-state index contributed by atoms with van der Waals surface area (Å²) in [7, 11) is 0. The van der Waals surface area contributed by atoms with Gasteiger partial charge in [0.1, 0.15) is 5.60 Å². The zero-order valence-corrected chi connectivity index (χ0v) is 7.66. The molecule has 0 aliphatic heterocycles. The first kappa shape index (κ1) is 8.70. The van der Waals surface area contributed by atoms with Crippen LogP contribution in [0.1, 0.15) is 30.5 Å². The van der Waals surface area contributed by atoms with Gasteiger partial charge in [-0.1, -0.05) is 19.4 Å². The van der Waals surface area contributed by atoms with Gasteiger partial charge in [0.05, 0.1) is 5.69 Å². The molecule has 1 unspecified atom stereocenters. The molecule has 69 valence electrons. The molecule has 1 radical (unpaired) electrons. The van der Waals surface area contributed by atoms with E-state index in [2.05, 4.69) is 11.9 Å². The van der Waals surface area contributed by atoms with Gasteiger partial charge in [-0.3, -0.25) is 4.98 Å². The largest absolute Gasteiger partial charge is 0.384 e. The van der Waals surface area contributed by atoms with Crippen molar-refractivity contribution in [1.29, 1.82) is 0 Å². The minimum atomic E-state index is -0.696. The first-order chi connectivity index (χ1) is 6.26. The number of aromatic nitrogens is 1. The molecular weight excluding hydrogens is 162 g/mol. The van der Waals surface area contributed by atoms with Gasteiger partial charge < -0.3 is 5.11 Å². The number of hydrogen-bond donors (Lipinski definition) is 1. The Balaban J connectivity index is 2.37. The van der Waals surface area contributed by atoms with Crippen LogP contribution in [0.15, 0.2) is 18.3 Å². The standard InChI is InChI=1S/C11H14NO/c1-2-6-11(13)7-5-9-4-3-8-12-10(9)11/h3-4,8,13H,1-2,5-7H2. The monoisotopic (exact) mass is 176 g/mol. The molecule has 2 heteroatoms. The third-order valence-corrected chi connectivity index (χ3v) is 2.73. The summed E-state index contributed by atoms with van der Waals surface area (Å²) < 4.78 is 0. The van der Waals surface area contributed by atoms with Crippen LogP contribution in [0.4, 0.5) is 0 Å². The van der Waals surface area contributed by atoms with Crippen LogP contribution in [-0.2, 0) is 12.0 Å². The fraction of sp³-hybridized carbons (Fsp3) is 0.455. The summed E-state index contributed by atoms with van der Waals surface area (Å²) in [6.07, 6.45) is 4.97. The highest BCUT2D eigenvalue weighted by atomic mass is 16.3. The Hall–Kier alpha value is -0.890. The fourth-order valence-electron chi connectivity index (χ4n) is 2.06. The molecule has 1 aliphatic carbocycles. The van der Waals surface area contributed by atoms with E-state index in [0.717, 1.165) is 31.4 Å². The molecular formula is C11H14NO. The Morgan fingerprint density at radius 1 is 1.62 bits per heavy atom. The molecule has 1 aromatic rings. The predicted octanol–water partition coefficient (Wildman–Crippen LogP) is 1.83. The lowest BCUT2D eigenvalue weighted by Crippen LogP contribution is -2.22. The second-order valence-electron chi connectivity index (χ2n) is 3.65. The van der Waals surface area contributed by atoms with Gasteiger partial charge in [-0.15, -0.1) is 0 Å². The van der Waals surface area contributed by atoms with Crippen LogP contribution in [0.25, 0.3) is 0 Å². The number of aryl methyl sites for hydroxylation is 1. The number of nitrogens with zero attached hydrogens (tertiary/aromatic N) is 1. The fourth-order valence-corrected chi connectivity index (χ4v) is 2.06. The molecule has 1 N–H and O–H groups in total. The van der Waals surface area contributed by atoms with E-state index in [1.165, 1.54) is 5.56 Å². The molecule has 0 fully saturated rings. The van der Waals surface area contributed by atoms with E-state index in [9.17, 15) is 5.11 Å². The molecule has 2 nitrogen and oxygen atoms in total. The van der Waals surface area contributed by atoms with Crippen LogP contribution in [0.5, 0.6) is 0 Å². The van der Waals surface area contributed by atoms with E-state index < -0.39 is 5.60 Å². The van der Waals surface area contributed by atoms with Gasteiger partial charge in [0.2, 0.25) is 0 Å². The van der Waals surface area contributed by atoms with Gasteiger partial charge in [0.25, 0.3) is 0 Å². The summed E-state index contributed by atoms with van der Waals surface area (Å²) in [4.78, 5) is 4.25. The molecule has 1 aromatic heterocycles. The maximum Gasteiger partial charge on any atom is 0.107 e. The van der Waals surface area contributed by atoms with Gasteiger partial charge in [0.15, 0.2) is 0 Å². The number of rotatable bonds is 2. The number of pyridine rings is 1. The van der Waals surface area contributed by atoms with Crippen LogP contribution in [0, 0.1) is 6.92 Å². The smallest absolute Gasteiger partial charge is 0.107 e. The molecule has 1 atom stereocenters. The Bertz CT molecular complexity index is 307. The Labute approximate surface area is 78.6 Å². The van der Waals surface area contributed by atoms with Crippen LogP contribution >= 0.6 is 0 Å². The Morgan fingerprint density at radius 2 is 2.46 bits per heavy atom. The van der Waals surface area contributed by atoms with E-state index in [1.807, 2.05) is 12.1 Å². The SMILES string of the molecule is [CH2]CCC1(O)CCc2cccnc21. The van der Waals surface area contributed by atoms with Gasteiger partial charge in [-0.25, -0.2) is 0 Å². The van der Waals surface area contributed by atoms with Crippen molar-refractivity contribution in [2.75, 3.05) is 0 Å². The molecule has 0 aromatic carbocycles. The molecule has 0 bridgehead atoms. The Morgan fingerprint density at radius 3 is 3.23 bits per heavy atom. The van der Waals surface area contributed by atoms with E-state index in [-0.39, 0.29) is 0 Å². The first-order valence-electron chi connectivity index (χ1n) is 4.72. The highest BCUT2D eigenvalue weighted by Crippen LogP contribution is 2.38. The minimum absolute atomic E-state index is 0.696. The lowest BCUT2D eigenvalue weighted by atomic mass is 9.95. The van der Waals surface area contributed by atoms with Crippen molar-refractivity contribution in [3.8, 4) is 0 Å². The second-order valence-corrected chi connectivity index (χ2v) is 3.65. The van der Waals surface area contributed by atoms with Gasteiger partial charge >= 0.3 is 0 Å².